The summed E-state index contributed by atoms with van der Waals surface area (Å²) in [5.74, 6) is -0.343. The van der Waals surface area contributed by atoms with E-state index < -0.39 is 0 Å². The topological polar surface area (TPSA) is 63.3 Å². The molecule has 3 N–H and O–H groups in total. The minimum Gasteiger partial charge on any atom is -0.508 e. The highest BCUT2D eigenvalue weighted by Crippen LogP contribution is 2.25. The predicted molar refractivity (Wildman–Crippen MR) is 52.3 cm³/mol. The molecule has 70 valence electrons. The van der Waals surface area contributed by atoms with E-state index in [9.17, 15) is 9.90 Å². The summed E-state index contributed by atoms with van der Waals surface area (Å²) in [6.45, 7) is 1.63. The van der Waals surface area contributed by atoms with Crippen LogP contribution in [0.4, 0.5) is 5.69 Å². The van der Waals surface area contributed by atoms with Gasteiger partial charge in [0.1, 0.15) is 5.75 Å². The monoisotopic (exact) mass is 199 g/mol. The van der Waals surface area contributed by atoms with E-state index in [1.807, 2.05) is 0 Å². The zero-order valence-corrected chi connectivity index (χ0v) is 7.93. The number of carbonyl (C=O) groups excluding carboxylic acids is 1. The van der Waals surface area contributed by atoms with Gasteiger partial charge in [0.15, 0.2) is 5.78 Å². The maximum absolute atomic E-state index is 11.3. The molecule has 0 aliphatic carbocycles. The van der Waals surface area contributed by atoms with Gasteiger partial charge in [-0.05, 0) is 19.1 Å². The summed E-state index contributed by atoms with van der Waals surface area (Å²) >= 11 is 5.40. The van der Waals surface area contributed by atoms with Crippen LogP contribution in [0.5, 0.6) is 5.75 Å². The number of halogens is 1. The van der Waals surface area contributed by atoms with E-state index in [-0.39, 0.29) is 17.4 Å². The molecule has 13 heavy (non-hydrogen) atoms. The molecular weight excluding hydrogens is 190 g/mol. The van der Waals surface area contributed by atoms with Crippen molar-refractivity contribution in [3.05, 3.63) is 23.3 Å². The SMILES string of the molecule is Cc1c(O)ccc(N)c1C(=O)CCl. The Morgan fingerprint density at radius 2 is 2.23 bits per heavy atom. The molecule has 4 heteroatoms. The Balaban J connectivity index is 3.33. The third kappa shape index (κ3) is 1.75. The van der Waals surface area contributed by atoms with Crippen LogP contribution >= 0.6 is 11.6 Å². The van der Waals surface area contributed by atoms with Crippen molar-refractivity contribution in [2.45, 2.75) is 6.92 Å². The molecule has 0 saturated heterocycles. The summed E-state index contributed by atoms with van der Waals surface area (Å²) in [4.78, 5) is 11.3. The molecule has 0 spiro atoms. The van der Waals surface area contributed by atoms with E-state index in [4.69, 9.17) is 17.3 Å². The van der Waals surface area contributed by atoms with E-state index >= 15 is 0 Å². The van der Waals surface area contributed by atoms with Gasteiger partial charge in [0, 0.05) is 16.8 Å². The maximum Gasteiger partial charge on any atom is 0.180 e. The average Bonchev–Trinajstić information content (AvgIpc) is 2.12. The number of aromatic hydroxyl groups is 1. The third-order valence-corrected chi connectivity index (χ3v) is 2.11. The molecule has 0 fully saturated rings. The van der Waals surface area contributed by atoms with Gasteiger partial charge in [0.2, 0.25) is 0 Å². The molecule has 0 aromatic heterocycles. The highest BCUT2D eigenvalue weighted by molar-refractivity contribution is 6.31. The van der Waals surface area contributed by atoms with Crippen LogP contribution in [0.1, 0.15) is 15.9 Å². The summed E-state index contributed by atoms with van der Waals surface area (Å²) in [7, 11) is 0. The quantitative estimate of drug-likeness (QED) is 0.330. The number of carbonyl (C=O) groups is 1. The van der Waals surface area contributed by atoms with Crippen molar-refractivity contribution in [3.63, 3.8) is 0 Å². The summed E-state index contributed by atoms with van der Waals surface area (Å²) < 4.78 is 0. The lowest BCUT2D eigenvalue weighted by atomic mass is 10.0. The smallest absolute Gasteiger partial charge is 0.180 e. The number of benzene rings is 1. The number of phenols is 1. The fourth-order valence-corrected chi connectivity index (χ4v) is 1.29. The van der Waals surface area contributed by atoms with Crippen molar-refractivity contribution in [2.24, 2.45) is 0 Å². The second-order valence-corrected chi connectivity index (χ2v) is 3.00. The largest absolute Gasteiger partial charge is 0.508 e. The van der Waals surface area contributed by atoms with Crippen LogP contribution < -0.4 is 5.73 Å². The molecular formula is C9H10ClNO2. The van der Waals surface area contributed by atoms with Crippen molar-refractivity contribution in [1.82, 2.24) is 0 Å². The van der Waals surface area contributed by atoms with Crippen LogP contribution in [0.15, 0.2) is 12.1 Å². The first-order valence-corrected chi connectivity index (χ1v) is 4.28. The highest BCUT2D eigenvalue weighted by atomic mass is 35.5. The molecule has 0 radical (unpaired) electrons. The second-order valence-electron chi connectivity index (χ2n) is 2.73. The number of ketones is 1. The fourth-order valence-electron chi connectivity index (χ4n) is 1.16. The van der Waals surface area contributed by atoms with E-state index in [1.165, 1.54) is 12.1 Å². The van der Waals surface area contributed by atoms with Gasteiger partial charge in [0.25, 0.3) is 0 Å². The van der Waals surface area contributed by atoms with Gasteiger partial charge < -0.3 is 10.8 Å². The van der Waals surface area contributed by atoms with Crippen LogP contribution in [-0.2, 0) is 0 Å². The summed E-state index contributed by atoms with van der Waals surface area (Å²) in [6, 6.07) is 2.94. The zero-order valence-electron chi connectivity index (χ0n) is 7.17. The molecule has 0 amide bonds. The number of hydrogen-bond donors (Lipinski definition) is 2. The second kappa shape index (κ2) is 3.66. The molecule has 0 bridgehead atoms. The lowest BCUT2D eigenvalue weighted by Gasteiger charge is -2.07. The molecule has 3 nitrogen and oxygen atoms in total. The Morgan fingerprint density at radius 3 is 2.77 bits per heavy atom. The van der Waals surface area contributed by atoms with E-state index in [1.54, 1.807) is 6.92 Å². The number of anilines is 1. The zero-order chi connectivity index (χ0) is 10.0. The average molecular weight is 200 g/mol. The first kappa shape index (κ1) is 9.86. The van der Waals surface area contributed by atoms with Gasteiger partial charge >= 0.3 is 0 Å². The first-order valence-electron chi connectivity index (χ1n) is 3.75. The molecule has 0 aliphatic rings. The minimum absolute atomic E-state index is 0.0580. The van der Waals surface area contributed by atoms with Crippen LogP contribution in [0, 0.1) is 6.92 Å². The van der Waals surface area contributed by atoms with Gasteiger partial charge in [-0.3, -0.25) is 4.79 Å². The highest BCUT2D eigenvalue weighted by Gasteiger charge is 2.13. The molecule has 1 aromatic carbocycles. The maximum atomic E-state index is 11.3. The summed E-state index contributed by atoms with van der Waals surface area (Å²) in [6.07, 6.45) is 0. The molecule has 0 heterocycles. The fraction of sp³-hybridized carbons (Fsp3) is 0.222. The van der Waals surface area contributed by atoms with Crippen LogP contribution in [0.25, 0.3) is 0 Å². The van der Waals surface area contributed by atoms with Crippen LogP contribution in [0.2, 0.25) is 0 Å². The van der Waals surface area contributed by atoms with Crippen LogP contribution in [-0.4, -0.2) is 16.8 Å². The summed E-state index contributed by atoms with van der Waals surface area (Å²) in [5.41, 5.74) is 6.72. The number of alkyl halides is 1. The molecule has 0 saturated carbocycles. The van der Waals surface area contributed by atoms with Crippen LogP contribution in [0.3, 0.4) is 0 Å². The lowest BCUT2D eigenvalue weighted by molar-refractivity contribution is 0.102. The number of hydrogen-bond acceptors (Lipinski definition) is 3. The van der Waals surface area contributed by atoms with Gasteiger partial charge in [-0.1, -0.05) is 0 Å². The van der Waals surface area contributed by atoms with Crippen molar-refractivity contribution in [2.75, 3.05) is 11.6 Å². The standard InChI is InChI=1S/C9H10ClNO2/c1-5-7(12)3-2-6(11)9(5)8(13)4-10/h2-3,12H,4,11H2,1H3. The summed E-state index contributed by atoms with van der Waals surface area (Å²) in [5, 5.41) is 9.32. The molecule has 0 aliphatic heterocycles. The predicted octanol–water partition coefficient (Wildman–Crippen LogP) is 1.70. The van der Waals surface area contributed by atoms with Crippen molar-refractivity contribution < 1.29 is 9.90 Å². The number of rotatable bonds is 2. The normalized spacial score (nSPS) is 10.0. The molecule has 1 aromatic rings. The van der Waals surface area contributed by atoms with E-state index in [0.717, 1.165) is 0 Å². The lowest BCUT2D eigenvalue weighted by Crippen LogP contribution is -2.07. The van der Waals surface area contributed by atoms with Crippen molar-refractivity contribution in [3.8, 4) is 5.75 Å². The third-order valence-electron chi connectivity index (χ3n) is 1.87. The van der Waals surface area contributed by atoms with Gasteiger partial charge in [-0.25, -0.2) is 0 Å². The van der Waals surface area contributed by atoms with Gasteiger partial charge in [0.05, 0.1) is 5.88 Å². The Kier molecular flexibility index (Phi) is 2.78. The molecule has 0 unspecified atom stereocenters. The Morgan fingerprint density at radius 1 is 1.62 bits per heavy atom. The molecule has 0 atom stereocenters. The molecule has 1 rings (SSSR count). The van der Waals surface area contributed by atoms with E-state index in [2.05, 4.69) is 0 Å². The number of Topliss-reactive ketones (excluding diaryl/α,β-unsaturated/α-hetero) is 1. The van der Waals surface area contributed by atoms with Crippen molar-refractivity contribution >= 4 is 23.1 Å². The number of nitrogen functional groups attached to an aromatic ring is 1. The Bertz CT molecular complexity index is 350. The Hall–Kier alpha value is -1.22. The number of nitrogens with two attached hydrogens (primary N) is 1. The Labute approximate surface area is 81.1 Å². The van der Waals surface area contributed by atoms with E-state index in [0.29, 0.717) is 16.8 Å². The number of phenolic OH excluding ortho intramolecular Hbond substituents is 1. The van der Waals surface area contributed by atoms with Crippen molar-refractivity contribution in [1.29, 1.82) is 0 Å². The van der Waals surface area contributed by atoms with Gasteiger partial charge in [-0.15, -0.1) is 11.6 Å². The first-order chi connectivity index (χ1) is 6.07. The minimum atomic E-state index is -0.271. The van der Waals surface area contributed by atoms with Gasteiger partial charge in [-0.2, -0.15) is 0 Å².